The highest BCUT2D eigenvalue weighted by Crippen LogP contribution is 2.33. The van der Waals surface area contributed by atoms with Gasteiger partial charge in [0.05, 0.1) is 7.11 Å². The molecule has 0 amide bonds. The molecule has 3 rings (SSSR count). The largest absolute Gasteiger partial charge is 0.497 e. The molecular formula is C22H19BrO2. The molecule has 0 aliphatic rings. The van der Waals surface area contributed by atoms with Crippen molar-refractivity contribution in [1.29, 1.82) is 0 Å². The number of benzene rings is 3. The molecule has 0 aromatic heterocycles. The molecule has 25 heavy (non-hydrogen) atoms. The predicted molar refractivity (Wildman–Crippen MR) is 106 cm³/mol. The first-order valence-corrected chi connectivity index (χ1v) is 8.83. The molecule has 0 bridgehead atoms. The van der Waals surface area contributed by atoms with E-state index in [1.807, 2.05) is 60.7 Å². The monoisotopic (exact) mass is 394 g/mol. The third-order valence-corrected chi connectivity index (χ3v) is 4.42. The van der Waals surface area contributed by atoms with Crippen LogP contribution < -0.4 is 9.47 Å². The quantitative estimate of drug-likeness (QED) is 0.491. The SMILES string of the molecule is COc1ccc(OC(/C(Br)=C\c2ccccc2)c2ccccc2)cc1. The fraction of sp³-hybridized carbons (Fsp3) is 0.0909. The summed E-state index contributed by atoms with van der Waals surface area (Å²) >= 11 is 3.71. The Hall–Kier alpha value is -2.52. The van der Waals surface area contributed by atoms with Gasteiger partial charge in [-0.15, -0.1) is 0 Å². The zero-order chi connectivity index (χ0) is 17.5. The molecule has 126 valence electrons. The lowest BCUT2D eigenvalue weighted by Gasteiger charge is -2.20. The van der Waals surface area contributed by atoms with Crippen molar-refractivity contribution < 1.29 is 9.47 Å². The van der Waals surface area contributed by atoms with E-state index in [-0.39, 0.29) is 6.10 Å². The van der Waals surface area contributed by atoms with Gasteiger partial charge in [-0.1, -0.05) is 76.6 Å². The van der Waals surface area contributed by atoms with Crippen LogP contribution in [0.3, 0.4) is 0 Å². The zero-order valence-electron chi connectivity index (χ0n) is 13.9. The Morgan fingerprint density at radius 2 is 1.36 bits per heavy atom. The van der Waals surface area contributed by atoms with Crippen LogP contribution in [0.4, 0.5) is 0 Å². The molecule has 2 nitrogen and oxygen atoms in total. The van der Waals surface area contributed by atoms with E-state index in [0.29, 0.717) is 0 Å². The van der Waals surface area contributed by atoms with Crippen molar-refractivity contribution in [3.05, 3.63) is 101 Å². The van der Waals surface area contributed by atoms with E-state index in [1.54, 1.807) is 7.11 Å². The summed E-state index contributed by atoms with van der Waals surface area (Å²) in [5, 5.41) is 0. The summed E-state index contributed by atoms with van der Waals surface area (Å²) in [7, 11) is 1.65. The van der Waals surface area contributed by atoms with Gasteiger partial charge in [0, 0.05) is 4.48 Å². The molecule has 0 aliphatic carbocycles. The normalized spacial score (nSPS) is 12.5. The fourth-order valence-corrected chi connectivity index (χ4v) is 3.11. The van der Waals surface area contributed by atoms with E-state index in [1.165, 1.54) is 0 Å². The van der Waals surface area contributed by atoms with E-state index >= 15 is 0 Å². The first-order valence-electron chi connectivity index (χ1n) is 8.04. The molecule has 0 N–H and O–H groups in total. The Morgan fingerprint density at radius 1 is 0.800 bits per heavy atom. The molecule has 0 aliphatic heterocycles. The van der Waals surface area contributed by atoms with E-state index < -0.39 is 0 Å². The minimum atomic E-state index is -0.227. The number of ether oxygens (including phenoxy) is 2. The molecule has 0 heterocycles. The lowest BCUT2D eigenvalue weighted by Crippen LogP contribution is -2.07. The van der Waals surface area contributed by atoms with Crippen LogP contribution in [0, 0.1) is 0 Å². The van der Waals surface area contributed by atoms with Crippen LogP contribution in [0.25, 0.3) is 6.08 Å². The van der Waals surface area contributed by atoms with Crippen molar-refractivity contribution in [2.45, 2.75) is 6.10 Å². The topological polar surface area (TPSA) is 18.5 Å². The summed E-state index contributed by atoms with van der Waals surface area (Å²) in [5.74, 6) is 1.59. The molecule has 3 heteroatoms. The molecule has 3 aromatic rings. The van der Waals surface area contributed by atoms with Crippen LogP contribution in [0.2, 0.25) is 0 Å². The van der Waals surface area contributed by atoms with Gasteiger partial charge >= 0.3 is 0 Å². The van der Waals surface area contributed by atoms with Gasteiger partial charge in [0.15, 0.2) is 6.10 Å². The number of hydrogen-bond donors (Lipinski definition) is 0. The Labute approximate surface area is 156 Å². The Morgan fingerprint density at radius 3 is 1.96 bits per heavy atom. The molecular weight excluding hydrogens is 376 g/mol. The lowest BCUT2D eigenvalue weighted by atomic mass is 10.1. The smallest absolute Gasteiger partial charge is 0.155 e. The Balaban J connectivity index is 1.91. The van der Waals surface area contributed by atoms with Gasteiger partial charge in [0.25, 0.3) is 0 Å². The minimum absolute atomic E-state index is 0.227. The Bertz CT molecular complexity index is 812. The number of halogens is 1. The summed E-state index contributed by atoms with van der Waals surface area (Å²) in [6, 6.07) is 28.0. The first kappa shape index (κ1) is 17.3. The lowest BCUT2D eigenvalue weighted by molar-refractivity contribution is 0.253. The molecule has 0 spiro atoms. The summed E-state index contributed by atoms with van der Waals surface area (Å²) in [5.41, 5.74) is 2.20. The summed E-state index contributed by atoms with van der Waals surface area (Å²) < 4.78 is 12.4. The molecule has 0 fully saturated rings. The van der Waals surface area contributed by atoms with Gasteiger partial charge in [0.1, 0.15) is 11.5 Å². The standard InChI is InChI=1S/C22H19BrO2/c1-24-19-12-14-20(15-13-19)25-22(18-10-6-3-7-11-18)21(23)16-17-8-4-2-5-9-17/h2-16,22H,1H3/b21-16+. The molecule has 1 unspecified atom stereocenters. The molecule has 0 saturated heterocycles. The average molecular weight is 395 g/mol. The average Bonchev–Trinajstić information content (AvgIpc) is 2.68. The summed E-state index contributed by atoms with van der Waals surface area (Å²) in [4.78, 5) is 0. The number of methoxy groups -OCH3 is 1. The third-order valence-electron chi connectivity index (χ3n) is 3.77. The highest BCUT2D eigenvalue weighted by molar-refractivity contribution is 9.11. The van der Waals surface area contributed by atoms with Gasteiger partial charge in [-0.3, -0.25) is 0 Å². The second kappa shape index (κ2) is 8.54. The van der Waals surface area contributed by atoms with Gasteiger partial charge < -0.3 is 9.47 Å². The highest BCUT2D eigenvalue weighted by atomic mass is 79.9. The van der Waals surface area contributed by atoms with Crippen LogP contribution in [-0.2, 0) is 0 Å². The predicted octanol–water partition coefficient (Wildman–Crippen LogP) is 6.25. The first-order chi connectivity index (χ1) is 12.3. The van der Waals surface area contributed by atoms with E-state index in [4.69, 9.17) is 9.47 Å². The third kappa shape index (κ3) is 4.74. The van der Waals surface area contributed by atoms with Gasteiger partial charge in [-0.05, 0) is 41.5 Å². The van der Waals surface area contributed by atoms with Crippen molar-refractivity contribution in [3.63, 3.8) is 0 Å². The highest BCUT2D eigenvalue weighted by Gasteiger charge is 2.17. The van der Waals surface area contributed by atoms with Crippen LogP contribution in [0.1, 0.15) is 17.2 Å². The zero-order valence-corrected chi connectivity index (χ0v) is 15.5. The van der Waals surface area contributed by atoms with Gasteiger partial charge in [-0.25, -0.2) is 0 Å². The summed E-state index contributed by atoms with van der Waals surface area (Å²) in [6.07, 6.45) is 1.86. The van der Waals surface area contributed by atoms with E-state index in [2.05, 4.69) is 46.3 Å². The maximum atomic E-state index is 6.26. The van der Waals surface area contributed by atoms with Crippen LogP contribution >= 0.6 is 15.9 Å². The van der Waals surface area contributed by atoms with Crippen molar-refractivity contribution in [2.75, 3.05) is 7.11 Å². The fourth-order valence-electron chi connectivity index (χ4n) is 2.49. The molecule has 0 radical (unpaired) electrons. The maximum Gasteiger partial charge on any atom is 0.155 e. The molecule has 0 saturated carbocycles. The minimum Gasteiger partial charge on any atom is -0.497 e. The van der Waals surface area contributed by atoms with E-state index in [0.717, 1.165) is 27.1 Å². The summed E-state index contributed by atoms with van der Waals surface area (Å²) in [6.45, 7) is 0. The van der Waals surface area contributed by atoms with Gasteiger partial charge in [-0.2, -0.15) is 0 Å². The Kier molecular flexibility index (Phi) is 5.91. The van der Waals surface area contributed by atoms with Crippen LogP contribution in [0.15, 0.2) is 89.4 Å². The molecule has 3 aromatic carbocycles. The van der Waals surface area contributed by atoms with E-state index in [9.17, 15) is 0 Å². The van der Waals surface area contributed by atoms with Crippen molar-refractivity contribution in [1.82, 2.24) is 0 Å². The number of rotatable bonds is 6. The van der Waals surface area contributed by atoms with Crippen molar-refractivity contribution in [2.24, 2.45) is 0 Å². The van der Waals surface area contributed by atoms with Crippen LogP contribution in [-0.4, -0.2) is 7.11 Å². The van der Waals surface area contributed by atoms with Crippen LogP contribution in [0.5, 0.6) is 11.5 Å². The second-order valence-corrected chi connectivity index (χ2v) is 6.44. The molecule has 1 atom stereocenters. The second-order valence-electron chi connectivity index (χ2n) is 5.52. The van der Waals surface area contributed by atoms with Gasteiger partial charge in [0.2, 0.25) is 0 Å². The van der Waals surface area contributed by atoms with Crippen molar-refractivity contribution >= 4 is 22.0 Å². The number of hydrogen-bond acceptors (Lipinski definition) is 2. The van der Waals surface area contributed by atoms with Crippen molar-refractivity contribution in [3.8, 4) is 11.5 Å². The maximum absolute atomic E-state index is 6.26.